The van der Waals surface area contributed by atoms with Crippen molar-refractivity contribution in [2.45, 2.75) is 392 Å². The fourth-order valence-corrected chi connectivity index (χ4v) is 10.6. The highest BCUT2D eigenvalue weighted by Crippen LogP contribution is 2.19. The summed E-state index contributed by atoms with van der Waals surface area (Å²) in [6.45, 7) is 4.20. The fourth-order valence-electron chi connectivity index (χ4n) is 10.6. The lowest BCUT2D eigenvalue weighted by Crippen LogP contribution is -2.28. The highest BCUT2D eigenvalue weighted by Gasteiger charge is 2.16. The lowest BCUT2D eigenvalue weighted by molar-refractivity contribution is -0.161. The number of aliphatic hydroxyl groups is 1. The van der Waals surface area contributed by atoms with Crippen LogP contribution in [-0.4, -0.2) is 36.4 Å². The number of rotatable bonds is 63. The quantitative estimate of drug-likeness (QED) is 0.0373. The molecule has 0 saturated heterocycles. The first-order valence-corrected chi connectivity index (χ1v) is 33.2. The summed E-state index contributed by atoms with van der Waals surface area (Å²) < 4.78 is 10.7. The summed E-state index contributed by atoms with van der Waals surface area (Å²) in [6, 6.07) is 0. The lowest BCUT2D eigenvalue weighted by Gasteiger charge is -2.15. The molecule has 0 fully saturated rings. The van der Waals surface area contributed by atoms with Gasteiger partial charge in [0.25, 0.3) is 0 Å². The molecule has 0 bridgehead atoms. The van der Waals surface area contributed by atoms with E-state index in [0.717, 1.165) is 32.1 Å². The van der Waals surface area contributed by atoms with Crippen LogP contribution in [0.1, 0.15) is 386 Å². The van der Waals surface area contributed by atoms with Crippen LogP contribution in [-0.2, 0) is 19.1 Å². The normalized spacial score (nSPS) is 12.1. The van der Waals surface area contributed by atoms with Gasteiger partial charge >= 0.3 is 11.9 Å². The fraction of sp³-hybridized carbons (Fsp3) is 0.940. The minimum atomic E-state index is -0.769. The molecule has 0 radical (unpaired) electrons. The van der Waals surface area contributed by atoms with Gasteiger partial charge in [-0.15, -0.1) is 0 Å². The van der Waals surface area contributed by atoms with Crippen LogP contribution in [0.25, 0.3) is 0 Å². The van der Waals surface area contributed by atoms with Gasteiger partial charge in [0.05, 0.1) is 6.61 Å². The highest BCUT2D eigenvalue weighted by molar-refractivity contribution is 5.70. The minimum Gasteiger partial charge on any atom is -0.462 e. The van der Waals surface area contributed by atoms with E-state index in [1.807, 2.05) is 0 Å². The second-order valence-electron chi connectivity index (χ2n) is 22.9. The topological polar surface area (TPSA) is 72.8 Å². The predicted octanol–water partition coefficient (Wildman–Crippen LogP) is 22.7. The third-order valence-electron chi connectivity index (χ3n) is 15.6. The maximum absolute atomic E-state index is 12.3. The second-order valence-corrected chi connectivity index (χ2v) is 22.9. The average Bonchev–Trinajstić information content (AvgIpc) is 3.38. The summed E-state index contributed by atoms with van der Waals surface area (Å²) in [6.07, 6.45) is 81.1. The number of aliphatic hydroxyl groups excluding tert-OH is 1. The molecule has 1 N–H and O–H groups in total. The van der Waals surface area contributed by atoms with Gasteiger partial charge in [-0.2, -0.15) is 0 Å². The largest absolute Gasteiger partial charge is 0.462 e. The Labute approximate surface area is 451 Å². The van der Waals surface area contributed by atoms with Crippen molar-refractivity contribution >= 4 is 11.9 Å². The van der Waals surface area contributed by atoms with Crippen molar-refractivity contribution in [3.63, 3.8) is 0 Å². The number of esters is 2. The van der Waals surface area contributed by atoms with Crippen molar-refractivity contribution in [3.8, 4) is 0 Å². The van der Waals surface area contributed by atoms with Crippen molar-refractivity contribution < 1.29 is 24.2 Å². The summed E-state index contributed by atoms with van der Waals surface area (Å²) in [5.41, 5.74) is 0. The zero-order valence-electron chi connectivity index (χ0n) is 49.2. The molecule has 0 saturated carbocycles. The molecule has 0 aliphatic rings. The molecule has 0 aromatic heterocycles. The van der Waals surface area contributed by atoms with Crippen LogP contribution in [0, 0.1) is 0 Å². The van der Waals surface area contributed by atoms with E-state index in [4.69, 9.17) is 9.47 Å². The Bertz CT molecular complexity index is 1060. The molecular weight excluding hydrogens is 885 g/mol. The minimum absolute atomic E-state index is 0.0592. The third kappa shape index (κ3) is 61.2. The molecule has 1 atom stereocenters. The summed E-state index contributed by atoms with van der Waals surface area (Å²) in [4.78, 5) is 24.6. The van der Waals surface area contributed by atoms with Crippen molar-refractivity contribution in [2.75, 3.05) is 13.2 Å². The average molecular weight is 1020 g/mol. The summed E-state index contributed by atoms with van der Waals surface area (Å²) in [5.74, 6) is -0.570. The Hall–Kier alpha value is -1.36. The van der Waals surface area contributed by atoms with Crippen molar-refractivity contribution in [3.05, 3.63) is 12.2 Å². The van der Waals surface area contributed by atoms with E-state index in [1.165, 1.54) is 327 Å². The molecule has 0 aromatic rings. The van der Waals surface area contributed by atoms with E-state index in [1.54, 1.807) is 0 Å². The Morgan fingerprint density at radius 3 is 0.750 bits per heavy atom. The molecule has 0 amide bonds. The van der Waals surface area contributed by atoms with Crippen LogP contribution < -0.4 is 0 Å². The van der Waals surface area contributed by atoms with E-state index < -0.39 is 6.10 Å². The van der Waals surface area contributed by atoms with E-state index in [-0.39, 0.29) is 25.2 Å². The molecule has 0 rings (SSSR count). The SMILES string of the molecule is CCCCCCCC/C=C\CCCCCCCCCCCC(=O)OC(CO)COC(=O)CCCCCCCCCCCCCCCCCCCCCCCCCCCCCCCCCCCCCCCCC. The first-order chi connectivity index (χ1) is 35.6. The van der Waals surface area contributed by atoms with E-state index in [9.17, 15) is 14.7 Å². The molecule has 0 aliphatic carbocycles. The second kappa shape index (κ2) is 63.9. The monoisotopic (exact) mass is 1010 g/mol. The zero-order chi connectivity index (χ0) is 52.0. The molecule has 0 heterocycles. The van der Waals surface area contributed by atoms with E-state index in [2.05, 4.69) is 26.0 Å². The predicted molar refractivity (Wildman–Crippen MR) is 316 cm³/mol. The maximum atomic E-state index is 12.3. The van der Waals surface area contributed by atoms with Gasteiger partial charge in [0.1, 0.15) is 6.61 Å². The Morgan fingerprint density at radius 2 is 0.514 bits per heavy atom. The van der Waals surface area contributed by atoms with Gasteiger partial charge in [0.15, 0.2) is 6.10 Å². The number of ether oxygens (including phenoxy) is 2. The first-order valence-electron chi connectivity index (χ1n) is 33.2. The standard InChI is InChI=1S/C67H130O5/c1-3-5-7-9-11-13-15-17-19-21-23-24-25-26-27-28-29-30-31-32-33-34-35-36-37-38-39-40-41-42-44-45-47-49-51-53-55-57-59-61-66(69)71-64-65(63-68)72-67(70)62-60-58-56-54-52-50-48-46-43-22-20-18-16-14-12-10-8-6-4-2/h18,20,65,68H,3-17,19,21-64H2,1-2H3/b20-18-. The molecule has 1 unspecified atom stereocenters. The van der Waals surface area contributed by atoms with E-state index in [0.29, 0.717) is 12.8 Å². The zero-order valence-corrected chi connectivity index (χ0v) is 49.2. The highest BCUT2D eigenvalue weighted by atomic mass is 16.6. The van der Waals surface area contributed by atoms with Crippen LogP contribution >= 0.6 is 0 Å². The Morgan fingerprint density at radius 1 is 0.306 bits per heavy atom. The van der Waals surface area contributed by atoms with Crippen molar-refractivity contribution in [2.24, 2.45) is 0 Å². The summed E-state index contributed by atoms with van der Waals surface area (Å²) in [7, 11) is 0. The van der Waals surface area contributed by atoms with Crippen molar-refractivity contribution in [1.29, 1.82) is 0 Å². The van der Waals surface area contributed by atoms with Gasteiger partial charge in [-0.1, -0.05) is 347 Å². The first kappa shape index (κ1) is 70.6. The van der Waals surface area contributed by atoms with Gasteiger partial charge in [-0.3, -0.25) is 9.59 Å². The van der Waals surface area contributed by atoms with Crippen LogP contribution in [0.5, 0.6) is 0 Å². The van der Waals surface area contributed by atoms with Crippen molar-refractivity contribution in [1.82, 2.24) is 0 Å². The van der Waals surface area contributed by atoms with Gasteiger partial charge in [-0.25, -0.2) is 0 Å². The number of hydrogen-bond acceptors (Lipinski definition) is 5. The van der Waals surface area contributed by atoms with Gasteiger partial charge in [0.2, 0.25) is 0 Å². The van der Waals surface area contributed by atoms with Gasteiger partial charge in [-0.05, 0) is 38.5 Å². The van der Waals surface area contributed by atoms with Crippen LogP contribution in [0.15, 0.2) is 12.2 Å². The van der Waals surface area contributed by atoms with Gasteiger partial charge < -0.3 is 14.6 Å². The Balaban J connectivity index is 3.34. The number of carbonyl (C=O) groups is 2. The van der Waals surface area contributed by atoms with Crippen LogP contribution in [0.4, 0.5) is 0 Å². The molecule has 72 heavy (non-hydrogen) atoms. The molecule has 5 heteroatoms. The maximum Gasteiger partial charge on any atom is 0.306 e. The van der Waals surface area contributed by atoms with Crippen LogP contribution in [0.3, 0.4) is 0 Å². The molecular formula is C67H130O5. The Kier molecular flexibility index (Phi) is 62.7. The smallest absolute Gasteiger partial charge is 0.306 e. The summed E-state index contributed by atoms with van der Waals surface area (Å²) >= 11 is 0. The molecule has 0 aromatic carbocycles. The van der Waals surface area contributed by atoms with Gasteiger partial charge in [0, 0.05) is 12.8 Å². The number of hydrogen-bond donors (Lipinski definition) is 1. The molecule has 5 nitrogen and oxygen atoms in total. The molecule has 0 spiro atoms. The number of unbranched alkanes of at least 4 members (excludes halogenated alkanes) is 53. The third-order valence-corrected chi connectivity index (χ3v) is 15.6. The lowest BCUT2D eigenvalue weighted by atomic mass is 10.0. The molecule has 428 valence electrons. The summed E-state index contributed by atoms with van der Waals surface area (Å²) in [5, 5.41) is 9.66. The van der Waals surface area contributed by atoms with Crippen LogP contribution in [0.2, 0.25) is 0 Å². The van der Waals surface area contributed by atoms with E-state index >= 15 is 0 Å². The number of carbonyl (C=O) groups excluding carboxylic acids is 2. The number of allylic oxidation sites excluding steroid dienone is 2. The molecule has 0 aliphatic heterocycles.